The zero-order valence-electron chi connectivity index (χ0n) is 11.0. The number of nitrogens with one attached hydrogen (secondary N) is 1. The summed E-state index contributed by atoms with van der Waals surface area (Å²) in [5.41, 5.74) is 1.55. The van der Waals surface area contributed by atoms with Gasteiger partial charge in [0.05, 0.1) is 11.3 Å². The Morgan fingerprint density at radius 1 is 1.15 bits per heavy atom. The Kier molecular flexibility index (Phi) is 4.71. The van der Waals surface area contributed by atoms with Crippen molar-refractivity contribution in [1.82, 2.24) is 0 Å². The van der Waals surface area contributed by atoms with E-state index in [1.807, 2.05) is 30.3 Å². The van der Waals surface area contributed by atoms with Crippen molar-refractivity contribution in [2.75, 3.05) is 11.9 Å². The van der Waals surface area contributed by atoms with Gasteiger partial charge in [-0.3, -0.25) is 0 Å². The monoisotopic (exact) mass is 273 g/mol. The van der Waals surface area contributed by atoms with Crippen LogP contribution in [0.5, 0.6) is 0 Å². The molecule has 2 aromatic rings. The van der Waals surface area contributed by atoms with E-state index < -0.39 is 11.8 Å². The molecule has 0 saturated heterocycles. The molecule has 0 unspecified atom stereocenters. The van der Waals surface area contributed by atoms with Gasteiger partial charge in [-0.05, 0) is 36.6 Å². The maximum absolute atomic E-state index is 13.5. The second kappa shape index (κ2) is 6.70. The van der Waals surface area contributed by atoms with Crippen molar-refractivity contribution >= 4 is 11.7 Å². The third-order valence-electron chi connectivity index (χ3n) is 3.01. The molecule has 0 aliphatic carbocycles. The van der Waals surface area contributed by atoms with E-state index in [1.165, 1.54) is 23.8 Å². The third kappa shape index (κ3) is 3.82. The highest BCUT2D eigenvalue weighted by molar-refractivity contribution is 5.88. The fourth-order valence-electron chi connectivity index (χ4n) is 1.95. The lowest BCUT2D eigenvalue weighted by molar-refractivity contribution is 0.0697. The maximum atomic E-state index is 13.5. The summed E-state index contributed by atoms with van der Waals surface area (Å²) >= 11 is 0. The average Bonchev–Trinajstić information content (AvgIpc) is 2.46. The molecule has 0 fully saturated rings. The predicted molar refractivity (Wildman–Crippen MR) is 76.6 cm³/mol. The molecule has 0 atom stereocenters. The van der Waals surface area contributed by atoms with Gasteiger partial charge in [-0.25, -0.2) is 9.18 Å². The zero-order chi connectivity index (χ0) is 14.4. The SMILES string of the molecule is O=C(O)c1ccc(F)c(NCCCc2ccccc2)c1. The molecule has 20 heavy (non-hydrogen) atoms. The molecule has 2 rings (SSSR count). The minimum absolute atomic E-state index is 0.0805. The number of aryl methyl sites for hydroxylation is 1. The summed E-state index contributed by atoms with van der Waals surface area (Å²) in [5.74, 6) is -1.49. The predicted octanol–water partition coefficient (Wildman–Crippen LogP) is 3.57. The largest absolute Gasteiger partial charge is 0.478 e. The standard InChI is InChI=1S/C16H16FNO2/c17-14-9-8-13(16(19)20)11-15(14)18-10-4-7-12-5-2-1-3-6-12/h1-3,5-6,8-9,11,18H,4,7,10H2,(H,19,20). The third-order valence-corrected chi connectivity index (χ3v) is 3.01. The second-order valence-electron chi connectivity index (χ2n) is 4.52. The first-order valence-electron chi connectivity index (χ1n) is 6.47. The van der Waals surface area contributed by atoms with Crippen LogP contribution in [0.2, 0.25) is 0 Å². The fraction of sp³-hybridized carbons (Fsp3) is 0.188. The molecule has 3 nitrogen and oxygen atoms in total. The van der Waals surface area contributed by atoms with Gasteiger partial charge < -0.3 is 10.4 Å². The molecule has 0 aliphatic rings. The first-order valence-corrected chi connectivity index (χ1v) is 6.47. The Hall–Kier alpha value is -2.36. The van der Waals surface area contributed by atoms with Gasteiger partial charge in [0, 0.05) is 6.54 Å². The quantitative estimate of drug-likeness (QED) is 0.791. The van der Waals surface area contributed by atoms with Crippen LogP contribution in [-0.4, -0.2) is 17.6 Å². The number of hydrogen-bond donors (Lipinski definition) is 2. The van der Waals surface area contributed by atoms with Crippen molar-refractivity contribution in [2.45, 2.75) is 12.8 Å². The summed E-state index contributed by atoms with van der Waals surface area (Å²) in [6.45, 7) is 0.592. The number of carbonyl (C=O) groups is 1. The van der Waals surface area contributed by atoms with E-state index >= 15 is 0 Å². The topological polar surface area (TPSA) is 49.3 Å². The first-order chi connectivity index (χ1) is 9.66. The van der Waals surface area contributed by atoms with Gasteiger partial charge in [0.25, 0.3) is 0 Å². The molecule has 0 heterocycles. The Morgan fingerprint density at radius 2 is 1.90 bits per heavy atom. The molecule has 2 aromatic carbocycles. The van der Waals surface area contributed by atoms with Crippen molar-refractivity contribution in [3.8, 4) is 0 Å². The minimum atomic E-state index is -1.06. The molecule has 4 heteroatoms. The van der Waals surface area contributed by atoms with Crippen LogP contribution in [-0.2, 0) is 6.42 Å². The minimum Gasteiger partial charge on any atom is -0.478 e. The van der Waals surface area contributed by atoms with Gasteiger partial charge in [0.2, 0.25) is 0 Å². The summed E-state index contributed by atoms with van der Waals surface area (Å²) in [7, 11) is 0. The molecular weight excluding hydrogens is 257 g/mol. The van der Waals surface area contributed by atoms with Gasteiger partial charge in [0.15, 0.2) is 0 Å². The van der Waals surface area contributed by atoms with Crippen LogP contribution in [0.4, 0.5) is 10.1 Å². The van der Waals surface area contributed by atoms with Crippen LogP contribution in [0.25, 0.3) is 0 Å². The first kappa shape index (κ1) is 14.1. The van der Waals surface area contributed by atoms with E-state index in [0.29, 0.717) is 6.54 Å². The number of carboxylic acids is 1. The summed E-state index contributed by atoms with van der Waals surface area (Å²) in [6, 6.07) is 13.8. The van der Waals surface area contributed by atoms with E-state index in [1.54, 1.807) is 0 Å². The molecular formula is C16H16FNO2. The van der Waals surface area contributed by atoms with Crippen molar-refractivity contribution in [2.24, 2.45) is 0 Å². The van der Waals surface area contributed by atoms with Crippen LogP contribution in [0.1, 0.15) is 22.3 Å². The van der Waals surface area contributed by atoms with Gasteiger partial charge in [0.1, 0.15) is 5.82 Å². The van der Waals surface area contributed by atoms with Crippen LogP contribution >= 0.6 is 0 Å². The highest BCUT2D eigenvalue weighted by Gasteiger charge is 2.07. The summed E-state index contributed by atoms with van der Waals surface area (Å²) in [5, 5.41) is 11.8. The van der Waals surface area contributed by atoms with Crippen LogP contribution in [0, 0.1) is 5.82 Å². The zero-order valence-corrected chi connectivity index (χ0v) is 11.0. The normalized spacial score (nSPS) is 10.2. The van der Waals surface area contributed by atoms with Gasteiger partial charge >= 0.3 is 5.97 Å². The number of rotatable bonds is 6. The fourth-order valence-corrected chi connectivity index (χ4v) is 1.95. The number of aromatic carboxylic acids is 1. The van der Waals surface area contributed by atoms with E-state index in [0.717, 1.165) is 12.8 Å². The Labute approximate surface area is 117 Å². The summed E-state index contributed by atoms with van der Waals surface area (Å²) in [4.78, 5) is 10.8. The molecule has 0 amide bonds. The highest BCUT2D eigenvalue weighted by Crippen LogP contribution is 2.16. The van der Waals surface area contributed by atoms with Gasteiger partial charge in [-0.1, -0.05) is 30.3 Å². The smallest absolute Gasteiger partial charge is 0.335 e. The van der Waals surface area contributed by atoms with Crippen LogP contribution in [0.3, 0.4) is 0 Å². The lowest BCUT2D eigenvalue weighted by Crippen LogP contribution is -2.06. The molecule has 104 valence electrons. The van der Waals surface area contributed by atoms with Gasteiger partial charge in [-0.2, -0.15) is 0 Å². The van der Waals surface area contributed by atoms with E-state index in [9.17, 15) is 9.18 Å². The lowest BCUT2D eigenvalue weighted by atomic mass is 10.1. The molecule has 0 bridgehead atoms. The average molecular weight is 273 g/mol. The Bertz CT molecular complexity index is 584. The molecule has 2 N–H and O–H groups in total. The van der Waals surface area contributed by atoms with E-state index in [4.69, 9.17) is 5.11 Å². The molecule has 0 aliphatic heterocycles. The van der Waals surface area contributed by atoms with Crippen molar-refractivity contribution in [1.29, 1.82) is 0 Å². The van der Waals surface area contributed by atoms with Crippen LogP contribution in [0.15, 0.2) is 48.5 Å². The van der Waals surface area contributed by atoms with Crippen molar-refractivity contribution in [3.05, 3.63) is 65.5 Å². The number of hydrogen-bond acceptors (Lipinski definition) is 2. The van der Waals surface area contributed by atoms with E-state index in [2.05, 4.69) is 5.32 Å². The number of carboxylic acid groups (broad SMARTS) is 1. The Morgan fingerprint density at radius 3 is 2.60 bits per heavy atom. The Balaban J connectivity index is 1.88. The van der Waals surface area contributed by atoms with Crippen molar-refractivity contribution in [3.63, 3.8) is 0 Å². The van der Waals surface area contributed by atoms with Crippen molar-refractivity contribution < 1.29 is 14.3 Å². The van der Waals surface area contributed by atoms with E-state index in [-0.39, 0.29) is 11.3 Å². The number of benzene rings is 2. The lowest BCUT2D eigenvalue weighted by Gasteiger charge is -2.08. The van der Waals surface area contributed by atoms with Crippen LogP contribution < -0.4 is 5.32 Å². The van der Waals surface area contributed by atoms with Gasteiger partial charge in [-0.15, -0.1) is 0 Å². The number of halogens is 1. The maximum Gasteiger partial charge on any atom is 0.335 e. The summed E-state index contributed by atoms with van der Waals surface area (Å²) < 4.78 is 13.5. The molecule has 0 radical (unpaired) electrons. The summed E-state index contributed by atoms with van der Waals surface area (Å²) in [6.07, 6.45) is 1.74. The highest BCUT2D eigenvalue weighted by atomic mass is 19.1. The molecule has 0 spiro atoms. The second-order valence-corrected chi connectivity index (χ2v) is 4.52. The molecule has 0 saturated carbocycles. The molecule has 0 aromatic heterocycles. The number of anilines is 1.